The Morgan fingerprint density at radius 1 is 0.963 bits per heavy atom. The number of hydrogen-bond acceptors (Lipinski definition) is 5. The number of esters is 2. The van der Waals surface area contributed by atoms with Crippen LogP contribution in [0.1, 0.15) is 26.3 Å². The highest BCUT2D eigenvalue weighted by Crippen LogP contribution is 2.32. The molecule has 2 aromatic rings. The Morgan fingerprint density at radius 3 is 2.19 bits per heavy atom. The topological polar surface area (TPSA) is 81.7 Å². The second-order valence-electron chi connectivity index (χ2n) is 5.24. The van der Waals surface area contributed by atoms with Crippen LogP contribution < -0.4 is 5.32 Å². The van der Waals surface area contributed by atoms with Crippen molar-refractivity contribution in [2.75, 3.05) is 19.0 Å². The molecule has 0 radical (unpaired) electrons. The lowest BCUT2D eigenvalue weighted by Crippen LogP contribution is -2.22. The summed E-state index contributed by atoms with van der Waals surface area (Å²) < 4.78 is 47.9. The van der Waals surface area contributed by atoms with Gasteiger partial charge >= 0.3 is 18.1 Å². The van der Waals surface area contributed by atoms with Crippen LogP contribution in [-0.2, 0) is 20.4 Å². The van der Waals surface area contributed by atoms with Crippen LogP contribution in [0.25, 0.3) is 0 Å². The zero-order valence-electron chi connectivity index (χ0n) is 14.0. The third kappa shape index (κ3) is 5.30. The lowest BCUT2D eigenvalue weighted by atomic mass is 10.1. The van der Waals surface area contributed by atoms with Gasteiger partial charge in [0.25, 0.3) is 5.91 Å². The molecule has 0 spiro atoms. The standard InChI is InChI=1S/C18H14F3NO5/c1-26-16(24)11-6-8-12(9-7-11)22-15(23)10-27-17(25)13-4-2-3-5-14(13)18(19,20)21/h2-9H,10H2,1H3,(H,22,23). The van der Waals surface area contributed by atoms with Crippen molar-refractivity contribution in [3.8, 4) is 0 Å². The van der Waals surface area contributed by atoms with Gasteiger partial charge in [-0.3, -0.25) is 4.79 Å². The maximum Gasteiger partial charge on any atom is 0.417 e. The van der Waals surface area contributed by atoms with E-state index in [4.69, 9.17) is 0 Å². The highest BCUT2D eigenvalue weighted by Gasteiger charge is 2.35. The lowest BCUT2D eigenvalue weighted by molar-refractivity contribution is -0.138. The summed E-state index contributed by atoms with van der Waals surface area (Å²) in [6.45, 7) is -0.774. The van der Waals surface area contributed by atoms with E-state index in [2.05, 4.69) is 14.8 Å². The van der Waals surface area contributed by atoms with Crippen LogP contribution in [0.3, 0.4) is 0 Å². The number of nitrogens with one attached hydrogen (secondary N) is 1. The van der Waals surface area contributed by atoms with Crippen LogP contribution in [0.15, 0.2) is 48.5 Å². The van der Waals surface area contributed by atoms with Crippen molar-refractivity contribution in [3.05, 3.63) is 65.2 Å². The molecule has 0 aliphatic carbocycles. The molecule has 0 fully saturated rings. The quantitative estimate of drug-likeness (QED) is 0.804. The predicted octanol–water partition coefficient (Wildman–Crippen LogP) is 3.29. The number of carbonyl (C=O) groups excluding carboxylic acids is 3. The SMILES string of the molecule is COC(=O)c1ccc(NC(=O)COC(=O)c2ccccc2C(F)(F)F)cc1. The van der Waals surface area contributed by atoms with Crippen molar-refractivity contribution in [2.24, 2.45) is 0 Å². The summed E-state index contributed by atoms with van der Waals surface area (Å²) in [6.07, 6.45) is -4.72. The Hall–Kier alpha value is -3.36. The molecule has 0 saturated heterocycles. The molecule has 0 saturated carbocycles. The fourth-order valence-electron chi connectivity index (χ4n) is 2.12. The molecule has 0 aliphatic rings. The highest BCUT2D eigenvalue weighted by atomic mass is 19.4. The molecule has 2 aromatic carbocycles. The van der Waals surface area contributed by atoms with Gasteiger partial charge in [-0.15, -0.1) is 0 Å². The molecule has 2 rings (SSSR count). The van der Waals surface area contributed by atoms with Crippen LogP contribution in [-0.4, -0.2) is 31.6 Å². The first-order valence-corrected chi connectivity index (χ1v) is 7.54. The van der Waals surface area contributed by atoms with Gasteiger partial charge in [0.05, 0.1) is 23.8 Å². The third-order valence-electron chi connectivity index (χ3n) is 3.38. The minimum atomic E-state index is -4.72. The van der Waals surface area contributed by atoms with E-state index in [9.17, 15) is 27.6 Å². The number of hydrogen-bond donors (Lipinski definition) is 1. The number of ether oxygens (including phenoxy) is 2. The Morgan fingerprint density at radius 2 is 1.59 bits per heavy atom. The van der Waals surface area contributed by atoms with E-state index >= 15 is 0 Å². The van der Waals surface area contributed by atoms with Crippen LogP contribution in [0.4, 0.5) is 18.9 Å². The normalized spacial score (nSPS) is 10.8. The van der Waals surface area contributed by atoms with E-state index in [1.54, 1.807) is 0 Å². The van der Waals surface area contributed by atoms with E-state index in [-0.39, 0.29) is 5.56 Å². The molecule has 0 bridgehead atoms. The average Bonchev–Trinajstić information content (AvgIpc) is 2.65. The Balaban J connectivity index is 1.96. The second-order valence-corrected chi connectivity index (χ2v) is 5.24. The minimum Gasteiger partial charge on any atom is -0.465 e. The Bertz CT molecular complexity index is 847. The molecule has 27 heavy (non-hydrogen) atoms. The molecule has 0 aromatic heterocycles. The van der Waals surface area contributed by atoms with Gasteiger partial charge in [-0.1, -0.05) is 12.1 Å². The molecule has 142 valence electrons. The van der Waals surface area contributed by atoms with Gasteiger partial charge in [0.2, 0.25) is 0 Å². The first-order valence-electron chi connectivity index (χ1n) is 7.54. The van der Waals surface area contributed by atoms with Gasteiger partial charge in [-0.05, 0) is 36.4 Å². The summed E-state index contributed by atoms with van der Waals surface area (Å²) in [5.74, 6) is -2.57. The lowest BCUT2D eigenvalue weighted by Gasteiger charge is -2.12. The molecule has 9 heteroatoms. The summed E-state index contributed by atoms with van der Waals surface area (Å²) in [5.41, 5.74) is -1.25. The fourth-order valence-corrected chi connectivity index (χ4v) is 2.12. The van der Waals surface area contributed by atoms with Crippen LogP contribution in [0.2, 0.25) is 0 Å². The van der Waals surface area contributed by atoms with Crippen LogP contribution in [0, 0.1) is 0 Å². The van der Waals surface area contributed by atoms with E-state index in [0.717, 1.165) is 18.2 Å². The van der Waals surface area contributed by atoms with Crippen molar-refractivity contribution in [2.45, 2.75) is 6.18 Å². The van der Waals surface area contributed by atoms with E-state index < -0.39 is 41.8 Å². The number of halogens is 3. The van der Waals surface area contributed by atoms with Gasteiger partial charge < -0.3 is 14.8 Å². The predicted molar refractivity (Wildman–Crippen MR) is 88.1 cm³/mol. The van der Waals surface area contributed by atoms with Crippen molar-refractivity contribution in [1.29, 1.82) is 0 Å². The first kappa shape index (κ1) is 20.0. The number of anilines is 1. The number of amides is 1. The molecule has 0 atom stereocenters. The molecule has 0 aliphatic heterocycles. The van der Waals surface area contributed by atoms with Crippen molar-refractivity contribution in [3.63, 3.8) is 0 Å². The van der Waals surface area contributed by atoms with Gasteiger partial charge in [0, 0.05) is 5.69 Å². The van der Waals surface area contributed by atoms with Gasteiger partial charge in [0.15, 0.2) is 6.61 Å². The molecule has 1 amide bonds. The van der Waals surface area contributed by atoms with Gasteiger partial charge in [0.1, 0.15) is 0 Å². The zero-order chi connectivity index (χ0) is 20.0. The highest BCUT2D eigenvalue weighted by molar-refractivity contribution is 5.96. The Kier molecular flexibility index (Phi) is 6.17. The van der Waals surface area contributed by atoms with Crippen molar-refractivity contribution in [1.82, 2.24) is 0 Å². The zero-order valence-corrected chi connectivity index (χ0v) is 14.0. The van der Waals surface area contributed by atoms with Crippen molar-refractivity contribution < 1.29 is 37.0 Å². The monoisotopic (exact) mass is 381 g/mol. The largest absolute Gasteiger partial charge is 0.465 e. The molecular formula is C18H14F3NO5. The van der Waals surface area contributed by atoms with Gasteiger partial charge in [-0.2, -0.15) is 13.2 Å². The Labute approximate surface area is 151 Å². The molecule has 1 N–H and O–H groups in total. The summed E-state index contributed by atoms with van der Waals surface area (Å²) in [7, 11) is 1.23. The van der Waals surface area contributed by atoms with Crippen LogP contribution in [0.5, 0.6) is 0 Å². The number of rotatable bonds is 5. The smallest absolute Gasteiger partial charge is 0.417 e. The summed E-state index contributed by atoms with van der Waals surface area (Å²) in [4.78, 5) is 35.0. The van der Waals surface area contributed by atoms with E-state index in [1.807, 2.05) is 0 Å². The summed E-state index contributed by atoms with van der Waals surface area (Å²) in [5, 5.41) is 2.39. The average molecular weight is 381 g/mol. The van der Waals surface area contributed by atoms with Gasteiger partial charge in [-0.25, -0.2) is 9.59 Å². The third-order valence-corrected chi connectivity index (χ3v) is 3.38. The first-order chi connectivity index (χ1) is 12.7. The molecular weight excluding hydrogens is 367 g/mol. The van der Waals surface area contributed by atoms with E-state index in [1.165, 1.54) is 37.4 Å². The minimum absolute atomic E-state index is 0.269. The number of benzene rings is 2. The number of alkyl halides is 3. The molecule has 0 unspecified atom stereocenters. The van der Waals surface area contributed by atoms with Crippen LogP contribution >= 0.6 is 0 Å². The molecule has 0 heterocycles. The maximum absolute atomic E-state index is 12.9. The maximum atomic E-state index is 12.9. The number of carbonyl (C=O) groups is 3. The second kappa shape index (κ2) is 8.35. The van der Waals surface area contributed by atoms with Crippen molar-refractivity contribution >= 4 is 23.5 Å². The summed E-state index contributed by atoms with van der Waals surface area (Å²) >= 11 is 0. The van der Waals surface area contributed by atoms with E-state index in [0.29, 0.717) is 5.69 Å². The fraction of sp³-hybridized carbons (Fsp3) is 0.167. The molecule has 6 nitrogen and oxygen atoms in total. The number of methoxy groups -OCH3 is 1. The summed E-state index contributed by atoms with van der Waals surface area (Å²) in [6, 6.07) is 9.78.